The van der Waals surface area contributed by atoms with Crippen molar-refractivity contribution in [1.82, 2.24) is 0 Å². The molecule has 22 heavy (non-hydrogen) atoms. The van der Waals surface area contributed by atoms with Crippen molar-refractivity contribution in [1.29, 1.82) is 0 Å². The highest BCUT2D eigenvalue weighted by Gasteiger charge is 2.23. The molecule has 4 heteroatoms. The summed E-state index contributed by atoms with van der Waals surface area (Å²) in [5.41, 5.74) is 3.43. The number of anilines is 2. The van der Waals surface area contributed by atoms with Crippen LogP contribution in [0.1, 0.15) is 29.3 Å². The normalized spacial score (nSPS) is 13.4. The zero-order valence-corrected chi connectivity index (χ0v) is 12.5. The van der Waals surface area contributed by atoms with E-state index in [1.165, 1.54) is 0 Å². The number of fused-ring (bicyclic) bond motifs is 1. The van der Waals surface area contributed by atoms with E-state index in [9.17, 15) is 9.59 Å². The highest BCUT2D eigenvalue weighted by Crippen LogP contribution is 2.28. The molecule has 0 saturated heterocycles. The topological polar surface area (TPSA) is 49.4 Å². The lowest BCUT2D eigenvalue weighted by Crippen LogP contribution is -2.38. The van der Waals surface area contributed by atoms with E-state index in [-0.39, 0.29) is 11.8 Å². The fourth-order valence-electron chi connectivity index (χ4n) is 2.74. The molecule has 1 N–H and O–H groups in total. The van der Waals surface area contributed by atoms with E-state index in [0.717, 1.165) is 29.8 Å². The average molecular weight is 294 g/mol. The average Bonchev–Trinajstić information content (AvgIpc) is 2.54. The Morgan fingerprint density at radius 2 is 1.86 bits per heavy atom. The SMILES string of the molecule is CC(=O)c1ccc2c(c1)CCCN2C(=O)Nc1ccccc1. The Labute approximate surface area is 129 Å². The van der Waals surface area contributed by atoms with Crippen LogP contribution in [-0.4, -0.2) is 18.4 Å². The van der Waals surface area contributed by atoms with Crippen molar-refractivity contribution in [3.8, 4) is 0 Å². The molecule has 0 saturated carbocycles. The smallest absolute Gasteiger partial charge is 0.308 e. The van der Waals surface area contributed by atoms with Crippen molar-refractivity contribution < 1.29 is 9.59 Å². The van der Waals surface area contributed by atoms with E-state index in [4.69, 9.17) is 0 Å². The van der Waals surface area contributed by atoms with Gasteiger partial charge in [0.2, 0.25) is 0 Å². The minimum atomic E-state index is -0.136. The number of hydrogen-bond donors (Lipinski definition) is 1. The molecule has 0 bridgehead atoms. The van der Waals surface area contributed by atoms with Crippen LogP contribution in [0, 0.1) is 0 Å². The third kappa shape index (κ3) is 2.86. The first kappa shape index (κ1) is 14.3. The second kappa shape index (κ2) is 6.02. The molecule has 1 aliphatic heterocycles. The standard InChI is InChI=1S/C18H18N2O2/c1-13(21)14-9-10-17-15(12-14)6-5-11-20(17)18(22)19-16-7-3-2-4-8-16/h2-4,7-10,12H,5-6,11H2,1H3,(H,19,22). The molecule has 0 radical (unpaired) electrons. The lowest BCUT2D eigenvalue weighted by atomic mass is 9.98. The summed E-state index contributed by atoms with van der Waals surface area (Å²) in [5.74, 6) is 0.0497. The van der Waals surface area contributed by atoms with Crippen LogP contribution in [0.15, 0.2) is 48.5 Å². The van der Waals surface area contributed by atoms with Crippen LogP contribution in [0.5, 0.6) is 0 Å². The molecule has 1 heterocycles. The van der Waals surface area contributed by atoms with Crippen LogP contribution in [0.3, 0.4) is 0 Å². The lowest BCUT2D eigenvalue weighted by molar-refractivity contribution is 0.101. The van der Waals surface area contributed by atoms with E-state index >= 15 is 0 Å². The van der Waals surface area contributed by atoms with E-state index in [1.807, 2.05) is 42.5 Å². The third-order valence-corrected chi connectivity index (χ3v) is 3.87. The maximum atomic E-state index is 12.5. The van der Waals surface area contributed by atoms with Gasteiger partial charge in [0.1, 0.15) is 0 Å². The summed E-state index contributed by atoms with van der Waals surface area (Å²) in [6.45, 7) is 2.25. The summed E-state index contributed by atoms with van der Waals surface area (Å²) in [7, 11) is 0. The molecule has 4 nitrogen and oxygen atoms in total. The first-order valence-corrected chi connectivity index (χ1v) is 7.42. The van der Waals surface area contributed by atoms with Crippen LogP contribution >= 0.6 is 0 Å². The molecule has 2 aromatic rings. The van der Waals surface area contributed by atoms with Gasteiger partial charge in [-0.3, -0.25) is 9.69 Å². The van der Waals surface area contributed by atoms with Gasteiger partial charge in [0.05, 0.1) is 0 Å². The largest absolute Gasteiger partial charge is 0.326 e. The molecule has 112 valence electrons. The molecule has 0 aromatic heterocycles. The fraction of sp³-hybridized carbons (Fsp3) is 0.222. The molecule has 0 atom stereocenters. The summed E-state index contributed by atoms with van der Waals surface area (Å²) < 4.78 is 0. The molecule has 2 amide bonds. The quantitative estimate of drug-likeness (QED) is 0.855. The maximum absolute atomic E-state index is 12.5. The van der Waals surface area contributed by atoms with Crippen molar-refractivity contribution in [2.45, 2.75) is 19.8 Å². The highest BCUT2D eigenvalue weighted by molar-refractivity contribution is 6.03. The van der Waals surface area contributed by atoms with Crippen molar-refractivity contribution in [2.75, 3.05) is 16.8 Å². The second-order valence-electron chi connectivity index (χ2n) is 5.45. The van der Waals surface area contributed by atoms with E-state index in [0.29, 0.717) is 12.1 Å². The number of urea groups is 1. The van der Waals surface area contributed by atoms with Gasteiger partial charge in [0.25, 0.3) is 0 Å². The maximum Gasteiger partial charge on any atom is 0.326 e. The zero-order valence-electron chi connectivity index (χ0n) is 12.5. The number of carbonyl (C=O) groups excluding carboxylic acids is 2. The number of benzene rings is 2. The Hall–Kier alpha value is -2.62. The Balaban J connectivity index is 1.85. The van der Waals surface area contributed by atoms with Gasteiger partial charge in [0.15, 0.2) is 5.78 Å². The minimum absolute atomic E-state index is 0.0497. The number of amides is 2. The van der Waals surface area contributed by atoms with Crippen LogP contribution in [0.4, 0.5) is 16.2 Å². The van der Waals surface area contributed by atoms with Crippen LogP contribution in [-0.2, 0) is 6.42 Å². The van der Waals surface area contributed by atoms with Gasteiger partial charge in [-0.05, 0) is 55.7 Å². The van der Waals surface area contributed by atoms with Gasteiger partial charge in [-0.2, -0.15) is 0 Å². The van der Waals surface area contributed by atoms with Gasteiger partial charge < -0.3 is 5.32 Å². The van der Waals surface area contributed by atoms with E-state index in [1.54, 1.807) is 17.9 Å². The molecular weight excluding hydrogens is 276 g/mol. The predicted octanol–water partition coefficient (Wildman–Crippen LogP) is 3.87. The van der Waals surface area contributed by atoms with Crippen molar-refractivity contribution >= 4 is 23.2 Å². The Kier molecular flexibility index (Phi) is 3.92. The molecule has 0 spiro atoms. The number of aryl methyl sites for hydroxylation is 1. The molecule has 0 unspecified atom stereocenters. The number of hydrogen-bond acceptors (Lipinski definition) is 2. The Bertz CT molecular complexity index is 710. The van der Waals surface area contributed by atoms with Gasteiger partial charge in [0, 0.05) is 23.5 Å². The summed E-state index contributed by atoms with van der Waals surface area (Å²) in [6, 6.07) is 14.8. The summed E-state index contributed by atoms with van der Waals surface area (Å²) in [6.07, 6.45) is 1.79. The number of ketones is 1. The Morgan fingerprint density at radius 3 is 2.59 bits per heavy atom. The second-order valence-corrected chi connectivity index (χ2v) is 5.45. The number of nitrogens with zero attached hydrogens (tertiary/aromatic N) is 1. The molecule has 2 aromatic carbocycles. The molecule has 3 rings (SSSR count). The van der Waals surface area contributed by atoms with E-state index < -0.39 is 0 Å². The molecular formula is C18H18N2O2. The van der Waals surface area contributed by atoms with Crippen LogP contribution in [0.25, 0.3) is 0 Å². The van der Waals surface area contributed by atoms with Gasteiger partial charge in [-0.1, -0.05) is 18.2 Å². The molecule has 0 aliphatic carbocycles. The number of Topliss-reactive ketones (excluding diaryl/α,β-unsaturated/α-hetero) is 1. The summed E-state index contributed by atoms with van der Waals surface area (Å²) in [5, 5.41) is 2.91. The summed E-state index contributed by atoms with van der Waals surface area (Å²) in [4.78, 5) is 25.7. The third-order valence-electron chi connectivity index (χ3n) is 3.87. The zero-order chi connectivity index (χ0) is 15.5. The number of nitrogens with one attached hydrogen (secondary N) is 1. The van der Waals surface area contributed by atoms with Crippen LogP contribution in [0.2, 0.25) is 0 Å². The first-order valence-electron chi connectivity index (χ1n) is 7.42. The number of carbonyl (C=O) groups is 2. The molecule has 1 aliphatic rings. The van der Waals surface area contributed by atoms with Crippen molar-refractivity contribution in [2.24, 2.45) is 0 Å². The van der Waals surface area contributed by atoms with Crippen molar-refractivity contribution in [3.63, 3.8) is 0 Å². The number of rotatable bonds is 2. The highest BCUT2D eigenvalue weighted by atomic mass is 16.2. The van der Waals surface area contributed by atoms with Gasteiger partial charge >= 0.3 is 6.03 Å². The monoisotopic (exact) mass is 294 g/mol. The fourth-order valence-corrected chi connectivity index (χ4v) is 2.74. The Morgan fingerprint density at radius 1 is 1.09 bits per heavy atom. The number of para-hydroxylation sites is 1. The lowest BCUT2D eigenvalue weighted by Gasteiger charge is -2.29. The van der Waals surface area contributed by atoms with Crippen molar-refractivity contribution in [3.05, 3.63) is 59.7 Å². The van der Waals surface area contributed by atoms with E-state index in [2.05, 4.69) is 5.32 Å². The van der Waals surface area contributed by atoms with Gasteiger partial charge in [-0.15, -0.1) is 0 Å². The minimum Gasteiger partial charge on any atom is -0.308 e. The van der Waals surface area contributed by atoms with Gasteiger partial charge in [-0.25, -0.2) is 4.79 Å². The van der Waals surface area contributed by atoms with Crippen LogP contribution < -0.4 is 10.2 Å². The molecule has 0 fully saturated rings. The predicted molar refractivity (Wildman–Crippen MR) is 87.6 cm³/mol. The first-order chi connectivity index (χ1) is 10.6. The summed E-state index contributed by atoms with van der Waals surface area (Å²) >= 11 is 0.